The van der Waals surface area contributed by atoms with Gasteiger partial charge in [-0.1, -0.05) is 17.7 Å². The molecule has 0 spiro atoms. The number of aromatic nitrogens is 1. The van der Waals surface area contributed by atoms with Crippen LogP contribution in [0.25, 0.3) is 10.9 Å². The quantitative estimate of drug-likeness (QED) is 0.732. The number of halogens is 1. The molecule has 3 rings (SSSR count). The van der Waals surface area contributed by atoms with Crippen molar-refractivity contribution in [3.63, 3.8) is 0 Å². The number of nitrogens with zero attached hydrogens (tertiary/aromatic N) is 2. The molecular weight excluding hydrogens is 310 g/mol. The van der Waals surface area contributed by atoms with Crippen molar-refractivity contribution in [1.82, 2.24) is 4.98 Å². The third kappa shape index (κ3) is 3.05. The van der Waals surface area contributed by atoms with E-state index in [-0.39, 0.29) is 6.61 Å². The molecular formula is C18H14ClN3O. The number of nitrogens with two attached hydrogens (primary N) is 1. The van der Waals surface area contributed by atoms with Crippen molar-refractivity contribution >= 4 is 28.2 Å². The van der Waals surface area contributed by atoms with E-state index in [1.54, 1.807) is 12.1 Å². The molecule has 2 N–H and O–H groups in total. The minimum absolute atomic E-state index is 0.178. The summed E-state index contributed by atoms with van der Waals surface area (Å²) in [6.07, 6.45) is 0. The summed E-state index contributed by atoms with van der Waals surface area (Å²) >= 11 is 6.16. The molecule has 1 aromatic heterocycles. The molecule has 4 nitrogen and oxygen atoms in total. The number of fused-ring (bicyclic) bond motifs is 1. The fourth-order valence-electron chi connectivity index (χ4n) is 2.36. The van der Waals surface area contributed by atoms with Crippen LogP contribution in [0.1, 0.15) is 16.8 Å². The van der Waals surface area contributed by atoms with Gasteiger partial charge in [0, 0.05) is 27.4 Å². The van der Waals surface area contributed by atoms with Crippen LogP contribution in [0.5, 0.6) is 5.75 Å². The van der Waals surface area contributed by atoms with Gasteiger partial charge in [-0.25, -0.2) is 0 Å². The fraction of sp³-hybridized carbons (Fsp3) is 0.111. The van der Waals surface area contributed by atoms with Gasteiger partial charge in [0.05, 0.1) is 11.1 Å². The molecule has 0 bridgehead atoms. The van der Waals surface area contributed by atoms with Crippen LogP contribution in [0.2, 0.25) is 5.02 Å². The number of hydrogen-bond acceptors (Lipinski definition) is 4. The van der Waals surface area contributed by atoms with Crippen LogP contribution in [-0.2, 0) is 6.61 Å². The molecule has 0 atom stereocenters. The molecule has 0 radical (unpaired) electrons. The third-order valence-corrected chi connectivity index (χ3v) is 3.94. The number of nitrogen functional groups attached to an aromatic ring is 1. The number of ether oxygens (including phenoxy) is 1. The van der Waals surface area contributed by atoms with Crippen molar-refractivity contribution in [2.45, 2.75) is 13.5 Å². The van der Waals surface area contributed by atoms with Crippen LogP contribution in [0.3, 0.4) is 0 Å². The first-order valence-electron chi connectivity index (χ1n) is 7.05. The average molecular weight is 324 g/mol. The van der Waals surface area contributed by atoms with Crippen LogP contribution in [0, 0.1) is 18.3 Å². The lowest BCUT2D eigenvalue weighted by Gasteiger charge is -2.11. The van der Waals surface area contributed by atoms with Gasteiger partial charge in [-0.2, -0.15) is 5.26 Å². The number of pyridine rings is 1. The summed E-state index contributed by atoms with van der Waals surface area (Å²) in [5, 5.41) is 10.7. The molecule has 23 heavy (non-hydrogen) atoms. The van der Waals surface area contributed by atoms with Crippen LogP contribution >= 0.6 is 11.6 Å². The average Bonchev–Trinajstić information content (AvgIpc) is 2.55. The van der Waals surface area contributed by atoms with Crippen LogP contribution in [0.15, 0.2) is 42.5 Å². The van der Waals surface area contributed by atoms with E-state index in [4.69, 9.17) is 22.1 Å². The topological polar surface area (TPSA) is 71.9 Å². The zero-order valence-electron chi connectivity index (χ0n) is 12.5. The fourth-order valence-corrected chi connectivity index (χ4v) is 2.58. The molecule has 2 aromatic carbocycles. The Kier molecular flexibility index (Phi) is 4.05. The molecule has 3 aromatic rings. The molecule has 0 aliphatic heterocycles. The summed E-state index contributed by atoms with van der Waals surface area (Å²) in [5.74, 6) is 0.686. The van der Waals surface area contributed by atoms with Crippen molar-refractivity contribution < 1.29 is 4.74 Å². The second kappa shape index (κ2) is 6.15. The molecule has 0 saturated carbocycles. The van der Waals surface area contributed by atoms with Gasteiger partial charge < -0.3 is 10.5 Å². The third-order valence-electron chi connectivity index (χ3n) is 3.58. The highest BCUT2D eigenvalue weighted by molar-refractivity contribution is 6.31. The van der Waals surface area contributed by atoms with E-state index in [0.29, 0.717) is 27.6 Å². The lowest BCUT2D eigenvalue weighted by Crippen LogP contribution is -2.02. The van der Waals surface area contributed by atoms with Gasteiger partial charge in [0.25, 0.3) is 0 Å². The van der Waals surface area contributed by atoms with Gasteiger partial charge in [-0.15, -0.1) is 0 Å². The van der Waals surface area contributed by atoms with E-state index in [2.05, 4.69) is 11.1 Å². The highest BCUT2D eigenvalue weighted by atomic mass is 35.5. The SMILES string of the molecule is Cc1ccc2cc(OCc3c(Cl)ccc(N)c3C#N)ccc2n1. The molecule has 114 valence electrons. The van der Waals surface area contributed by atoms with E-state index < -0.39 is 0 Å². The maximum absolute atomic E-state index is 9.24. The number of hydrogen-bond donors (Lipinski definition) is 1. The van der Waals surface area contributed by atoms with Gasteiger partial charge in [0.1, 0.15) is 18.4 Å². The zero-order valence-corrected chi connectivity index (χ0v) is 13.3. The summed E-state index contributed by atoms with van der Waals surface area (Å²) in [6.45, 7) is 2.13. The lowest BCUT2D eigenvalue weighted by atomic mass is 10.1. The number of anilines is 1. The standard InChI is InChI=1S/C18H14ClN3O/c1-11-2-3-12-8-13(4-7-18(12)22-11)23-10-15-14(9-20)17(21)6-5-16(15)19/h2-8H,10,21H2,1H3. The molecule has 0 unspecified atom stereocenters. The Morgan fingerprint density at radius 1 is 1.22 bits per heavy atom. The van der Waals surface area contributed by atoms with Crippen LogP contribution in [0.4, 0.5) is 5.69 Å². The molecule has 1 heterocycles. The summed E-state index contributed by atoms with van der Waals surface area (Å²) in [5.41, 5.74) is 9.04. The first-order valence-corrected chi connectivity index (χ1v) is 7.43. The van der Waals surface area contributed by atoms with Crippen LogP contribution in [-0.4, -0.2) is 4.98 Å². The summed E-state index contributed by atoms with van der Waals surface area (Å²) < 4.78 is 5.79. The predicted molar refractivity (Wildman–Crippen MR) is 91.4 cm³/mol. The van der Waals surface area contributed by atoms with E-state index in [9.17, 15) is 5.26 Å². The van der Waals surface area contributed by atoms with Gasteiger partial charge in [0.2, 0.25) is 0 Å². The van der Waals surface area contributed by atoms with Crippen molar-refractivity contribution in [3.05, 3.63) is 64.3 Å². The Balaban J connectivity index is 1.88. The molecule has 0 aliphatic rings. The molecule has 5 heteroatoms. The predicted octanol–water partition coefficient (Wildman–Crippen LogP) is 4.23. The molecule has 0 amide bonds. The normalized spacial score (nSPS) is 10.5. The Morgan fingerprint density at radius 3 is 2.83 bits per heavy atom. The highest BCUT2D eigenvalue weighted by Gasteiger charge is 2.11. The van der Waals surface area contributed by atoms with Crippen molar-refractivity contribution in [1.29, 1.82) is 5.26 Å². The van der Waals surface area contributed by atoms with E-state index >= 15 is 0 Å². The van der Waals surface area contributed by atoms with E-state index in [0.717, 1.165) is 16.6 Å². The highest BCUT2D eigenvalue weighted by Crippen LogP contribution is 2.27. The molecule has 0 saturated heterocycles. The number of benzene rings is 2. The van der Waals surface area contributed by atoms with E-state index in [1.807, 2.05) is 37.3 Å². The molecule has 0 aliphatic carbocycles. The van der Waals surface area contributed by atoms with Crippen molar-refractivity contribution in [2.24, 2.45) is 0 Å². The Bertz CT molecular complexity index is 931. The maximum Gasteiger partial charge on any atom is 0.120 e. The van der Waals surface area contributed by atoms with Gasteiger partial charge >= 0.3 is 0 Å². The largest absolute Gasteiger partial charge is 0.489 e. The number of nitriles is 1. The number of aryl methyl sites for hydroxylation is 1. The van der Waals surface area contributed by atoms with Crippen LogP contribution < -0.4 is 10.5 Å². The van der Waals surface area contributed by atoms with Gasteiger partial charge in [-0.05, 0) is 43.3 Å². The monoisotopic (exact) mass is 323 g/mol. The Morgan fingerprint density at radius 2 is 2.04 bits per heavy atom. The second-order valence-electron chi connectivity index (χ2n) is 5.20. The van der Waals surface area contributed by atoms with Crippen molar-refractivity contribution in [2.75, 3.05) is 5.73 Å². The second-order valence-corrected chi connectivity index (χ2v) is 5.60. The van der Waals surface area contributed by atoms with Gasteiger partial charge in [0.15, 0.2) is 0 Å². The van der Waals surface area contributed by atoms with Crippen molar-refractivity contribution in [3.8, 4) is 11.8 Å². The number of rotatable bonds is 3. The Labute approximate surface area is 139 Å². The Hall–Kier alpha value is -2.77. The smallest absolute Gasteiger partial charge is 0.120 e. The maximum atomic E-state index is 9.24. The molecule has 0 fully saturated rings. The summed E-state index contributed by atoms with van der Waals surface area (Å²) in [6, 6.07) is 15.0. The summed E-state index contributed by atoms with van der Waals surface area (Å²) in [4.78, 5) is 4.45. The lowest BCUT2D eigenvalue weighted by molar-refractivity contribution is 0.306. The minimum atomic E-state index is 0.178. The first-order chi connectivity index (χ1) is 11.1. The minimum Gasteiger partial charge on any atom is -0.489 e. The van der Waals surface area contributed by atoms with E-state index in [1.165, 1.54) is 0 Å². The summed E-state index contributed by atoms with van der Waals surface area (Å²) in [7, 11) is 0. The zero-order chi connectivity index (χ0) is 16.4. The van der Waals surface area contributed by atoms with Gasteiger partial charge in [-0.3, -0.25) is 4.98 Å². The first kappa shape index (κ1) is 15.1.